The zero-order valence-electron chi connectivity index (χ0n) is 29.3. The third-order valence-electron chi connectivity index (χ3n) is 7.52. The van der Waals surface area contributed by atoms with Crippen molar-refractivity contribution in [2.75, 3.05) is 6.79 Å². The van der Waals surface area contributed by atoms with Gasteiger partial charge in [-0.15, -0.1) is 0 Å². The molecule has 4 amide bonds. The molecule has 3 rings (SSSR count). The number of hydrogen-bond donors (Lipinski definition) is 4. The Balaban J connectivity index is 1.50. The predicted octanol–water partition coefficient (Wildman–Crippen LogP) is 4.05. The van der Waals surface area contributed by atoms with Crippen LogP contribution >= 0.6 is 0 Å². The Hall–Kier alpha value is -5.53. The lowest BCUT2D eigenvalue weighted by Crippen LogP contribution is -2.55. The van der Waals surface area contributed by atoms with Crippen molar-refractivity contribution in [1.29, 1.82) is 0 Å². The number of ether oxygens (including phenoxy) is 3. The van der Waals surface area contributed by atoms with E-state index in [-0.39, 0.29) is 32.3 Å². The fraction of sp³-hybridized carbons (Fsp3) is 0.432. The number of amides is 4. The molecule has 0 spiro atoms. The van der Waals surface area contributed by atoms with E-state index < -0.39 is 60.0 Å². The maximum atomic E-state index is 13.6. The maximum Gasteiger partial charge on any atom is 0.408 e. The number of aromatic amines is 1. The van der Waals surface area contributed by atoms with Crippen LogP contribution in [0, 0.1) is 5.41 Å². The van der Waals surface area contributed by atoms with Gasteiger partial charge in [0.2, 0.25) is 24.5 Å². The third kappa shape index (κ3) is 15.7. The second kappa shape index (κ2) is 20.9. The maximum absolute atomic E-state index is 13.6. The average molecular weight is 706 g/mol. The molecule has 1 heterocycles. The standard InChI is InChI=1S/C37H47N5O9/c1-37(2,3)35(47)51-25-50-32(44)19-13-5-4-12-18-31(43)42-34(46)30(21-28-22-38-24-39-28)40-33(45)29(20-26-14-8-6-9-15-26)41-36(48)49-23-27-16-10-7-11-17-27/h6-11,14-17,22,24,29-30H,4-5,12-13,18-21,23,25H2,1-3H3,(H,38,39)(H,40,45)(H,41,48)(H,42,43,46)/t29-,30-/m0/s1. The summed E-state index contributed by atoms with van der Waals surface area (Å²) < 4.78 is 15.2. The van der Waals surface area contributed by atoms with Crippen LogP contribution in [0.5, 0.6) is 0 Å². The van der Waals surface area contributed by atoms with Crippen molar-refractivity contribution >= 4 is 35.8 Å². The molecule has 0 unspecified atom stereocenters. The van der Waals surface area contributed by atoms with Crippen LogP contribution in [0.4, 0.5) is 4.79 Å². The van der Waals surface area contributed by atoms with Crippen molar-refractivity contribution in [2.24, 2.45) is 5.41 Å². The van der Waals surface area contributed by atoms with Gasteiger partial charge in [-0.05, 0) is 44.7 Å². The molecular weight excluding hydrogens is 658 g/mol. The minimum Gasteiger partial charge on any atom is -0.445 e. The SMILES string of the molecule is CC(C)(C)C(=O)OCOC(=O)CCCCCCC(=O)NC(=O)[C@H](Cc1c[nH]cn1)NC(=O)[C@H](Cc1ccccc1)NC(=O)OCc1ccccc1. The number of imide groups is 1. The first-order valence-electron chi connectivity index (χ1n) is 16.9. The first kappa shape index (κ1) is 39.9. The number of unbranched alkanes of at least 4 members (excludes halogenated alkanes) is 3. The minimum absolute atomic E-state index is 0.00163. The Kier molecular flexibility index (Phi) is 16.3. The molecule has 0 saturated carbocycles. The Labute approximate surface area is 297 Å². The van der Waals surface area contributed by atoms with E-state index in [1.54, 1.807) is 51.2 Å². The number of hydrogen-bond acceptors (Lipinski definition) is 10. The Morgan fingerprint density at radius 3 is 1.98 bits per heavy atom. The van der Waals surface area contributed by atoms with Crippen LogP contribution in [-0.4, -0.2) is 64.6 Å². The van der Waals surface area contributed by atoms with Crippen LogP contribution in [0.1, 0.15) is 76.1 Å². The van der Waals surface area contributed by atoms with Crippen LogP contribution in [0.25, 0.3) is 0 Å². The van der Waals surface area contributed by atoms with Crippen LogP contribution in [0.2, 0.25) is 0 Å². The van der Waals surface area contributed by atoms with E-state index in [4.69, 9.17) is 14.2 Å². The van der Waals surface area contributed by atoms with Crippen molar-refractivity contribution in [3.63, 3.8) is 0 Å². The molecule has 0 aliphatic heterocycles. The van der Waals surface area contributed by atoms with Crippen molar-refractivity contribution in [1.82, 2.24) is 25.9 Å². The van der Waals surface area contributed by atoms with Crippen LogP contribution in [0.15, 0.2) is 73.2 Å². The van der Waals surface area contributed by atoms with E-state index in [0.29, 0.717) is 31.4 Å². The monoisotopic (exact) mass is 705 g/mol. The molecule has 274 valence electrons. The van der Waals surface area contributed by atoms with Crippen molar-refractivity contribution in [2.45, 2.75) is 90.8 Å². The van der Waals surface area contributed by atoms with Crippen molar-refractivity contribution < 1.29 is 43.0 Å². The van der Waals surface area contributed by atoms with E-state index >= 15 is 0 Å². The summed E-state index contributed by atoms with van der Waals surface area (Å²) in [5, 5.41) is 7.65. The van der Waals surface area contributed by atoms with Crippen molar-refractivity contribution in [3.05, 3.63) is 90.0 Å². The Bertz CT molecular complexity index is 1560. The summed E-state index contributed by atoms with van der Waals surface area (Å²) in [6.45, 7) is 4.66. The molecular formula is C37H47N5O9. The second-order valence-electron chi connectivity index (χ2n) is 12.9. The van der Waals surface area contributed by atoms with Crippen LogP contribution < -0.4 is 16.0 Å². The largest absolute Gasteiger partial charge is 0.445 e. The summed E-state index contributed by atoms with van der Waals surface area (Å²) in [7, 11) is 0. The quantitative estimate of drug-likeness (QED) is 0.0803. The van der Waals surface area contributed by atoms with E-state index in [1.807, 2.05) is 36.4 Å². The lowest BCUT2D eigenvalue weighted by atomic mass is 9.98. The van der Waals surface area contributed by atoms with E-state index in [1.165, 1.54) is 6.33 Å². The molecule has 2 aromatic carbocycles. The van der Waals surface area contributed by atoms with Gasteiger partial charge >= 0.3 is 18.0 Å². The van der Waals surface area contributed by atoms with Gasteiger partial charge in [0.1, 0.15) is 18.7 Å². The molecule has 0 aliphatic rings. The highest BCUT2D eigenvalue weighted by Gasteiger charge is 2.29. The van der Waals surface area contributed by atoms with Gasteiger partial charge in [0, 0.05) is 31.9 Å². The second-order valence-corrected chi connectivity index (χ2v) is 12.9. The summed E-state index contributed by atoms with van der Waals surface area (Å²) in [5.41, 5.74) is 1.32. The molecule has 14 nitrogen and oxygen atoms in total. The average Bonchev–Trinajstić information content (AvgIpc) is 3.62. The van der Waals surface area contributed by atoms with Crippen LogP contribution in [-0.2, 0) is 57.6 Å². The van der Waals surface area contributed by atoms with Gasteiger partial charge in [-0.25, -0.2) is 9.78 Å². The van der Waals surface area contributed by atoms with Gasteiger partial charge in [-0.2, -0.15) is 0 Å². The number of alkyl carbamates (subject to hydrolysis) is 1. The molecule has 14 heteroatoms. The lowest BCUT2D eigenvalue weighted by molar-refractivity contribution is -0.173. The predicted molar refractivity (Wildman–Crippen MR) is 185 cm³/mol. The summed E-state index contributed by atoms with van der Waals surface area (Å²) in [5.74, 6) is -2.86. The molecule has 0 fully saturated rings. The highest BCUT2D eigenvalue weighted by molar-refractivity contribution is 6.00. The number of aromatic nitrogens is 2. The Morgan fingerprint density at radius 2 is 1.35 bits per heavy atom. The highest BCUT2D eigenvalue weighted by Crippen LogP contribution is 2.15. The van der Waals surface area contributed by atoms with Gasteiger partial charge in [0.25, 0.3) is 0 Å². The molecule has 0 bridgehead atoms. The van der Waals surface area contributed by atoms with E-state index in [2.05, 4.69) is 25.9 Å². The van der Waals surface area contributed by atoms with Crippen molar-refractivity contribution in [3.8, 4) is 0 Å². The minimum atomic E-state index is -1.18. The summed E-state index contributed by atoms with van der Waals surface area (Å²) >= 11 is 0. The first-order valence-corrected chi connectivity index (χ1v) is 16.9. The van der Waals surface area contributed by atoms with Gasteiger partial charge < -0.3 is 29.8 Å². The molecule has 0 saturated heterocycles. The summed E-state index contributed by atoms with van der Waals surface area (Å²) in [6.07, 6.45) is 4.71. The summed E-state index contributed by atoms with van der Waals surface area (Å²) in [4.78, 5) is 82.9. The number of H-pyrrole nitrogens is 1. The summed E-state index contributed by atoms with van der Waals surface area (Å²) in [6, 6.07) is 15.9. The van der Waals surface area contributed by atoms with Gasteiger partial charge in [-0.3, -0.25) is 29.3 Å². The molecule has 0 radical (unpaired) electrons. The Morgan fingerprint density at radius 1 is 0.725 bits per heavy atom. The molecule has 3 aromatic rings. The molecule has 2 atom stereocenters. The third-order valence-corrected chi connectivity index (χ3v) is 7.52. The normalized spacial score (nSPS) is 12.1. The number of imidazole rings is 1. The zero-order valence-corrected chi connectivity index (χ0v) is 29.3. The van der Waals surface area contributed by atoms with Gasteiger partial charge in [0.05, 0.1) is 17.4 Å². The van der Waals surface area contributed by atoms with Crippen LogP contribution in [0.3, 0.4) is 0 Å². The van der Waals surface area contributed by atoms with Gasteiger partial charge in [-0.1, -0.05) is 73.5 Å². The number of rotatable bonds is 19. The first-order chi connectivity index (χ1) is 24.4. The van der Waals surface area contributed by atoms with E-state index in [9.17, 15) is 28.8 Å². The topological polar surface area (TPSA) is 195 Å². The zero-order chi connectivity index (χ0) is 37.1. The molecule has 4 N–H and O–H groups in total. The number of carbonyl (C=O) groups is 6. The lowest BCUT2D eigenvalue weighted by Gasteiger charge is -2.23. The van der Waals surface area contributed by atoms with Gasteiger partial charge in [0.15, 0.2) is 0 Å². The molecule has 1 aromatic heterocycles. The smallest absolute Gasteiger partial charge is 0.408 e. The van der Waals surface area contributed by atoms with E-state index in [0.717, 1.165) is 11.1 Å². The molecule has 51 heavy (non-hydrogen) atoms. The number of benzene rings is 2. The number of esters is 2. The number of carbonyl (C=O) groups excluding carboxylic acids is 6. The fourth-order valence-electron chi connectivity index (χ4n) is 4.69. The number of nitrogens with zero attached hydrogens (tertiary/aromatic N) is 1. The molecule has 0 aliphatic carbocycles. The highest BCUT2D eigenvalue weighted by atomic mass is 16.7. The number of nitrogens with one attached hydrogen (secondary N) is 4. The fourth-order valence-corrected chi connectivity index (χ4v) is 4.69.